The van der Waals surface area contributed by atoms with E-state index in [0.717, 1.165) is 6.42 Å². The second-order valence-electron chi connectivity index (χ2n) is 6.72. The summed E-state index contributed by atoms with van der Waals surface area (Å²) in [5.41, 5.74) is 0.602. The molecule has 1 unspecified atom stereocenters. The number of carbonyl (C=O) groups excluding carboxylic acids is 1. The molecule has 1 aromatic carbocycles. The molecule has 5 heteroatoms. The minimum absolute atomic E-state index is 0.0742. The van der Waals surface area contributed by atoms with Crippen molar-refractivity contribution in [2.24, 2.45) is 13.0 Å². The molecule has 0 fully saturated rings. The summed E-state index contributed by atoms with van der Waals surface area (Å²) in [7, 11) is 1.73. The molecular formula is C19H27N3O2. The topological polar surface area (TPSA) is 55.2 Å². The molecule has 2 rings (SSSR count). The van der Waals surface area contributed by atoms with Crippen LogP contribution in [0.1, 0.15) is 52.4 Å². The van der Waals surface area contributed by atoms with Crippen LogP contribution in [0.5, 0.6) is 0 Å². The van der Waals surface area contributed by atoms with Crippen LogP contribution in [-0.2, 0) is 11.8 Å². The van der Waals surface area contributed by atoms with Crippen molar-refractivity contribution in [2.45, 2.75) is 46.6 Å². The van der Waals surface area contributed by atoms with Crippen molar-refractivity contribution >= 4 is 16.8 Å². The fraction of sp³-hybridized carbons (Fsp3) is 0.526. The first-order chi connectivity index (χ1) is 11.4. The Morgan fingerprint density at radius 1 is 1.25 bits per heavy atom. The molecule has 1 aromatic heterocycles. The molecule has 0 aliphatic heterocycles. The van der Waals surface area contributed by atoms with E-state index in [1.165, 1.54) is 0 Å². The summed E-state index contributed by atoms with van der Waals surface area (Å²) in [4.78, 5) is 31.7. The van der Waals surface area contributed by atoms with Gasteiger partial charge in [-0.3, -0.25) is 14.2 Å². The number of aromatic nitrogens is 2. The van der Waals surface area contributed by atoms with Crippen molar-refractivity contribution in [1.82, 2.24) is 14.5 Å². The summed E-state index contributed by atoms with van der Waals surface area (Å²) in [5, 5.41) is 0.603. The second kappa shape index (κ2) is 7.60. The lowest BCUT2D eigenvalue weighted by Crippen LogP contribution is -2.39. The molecule has 0 aliphatic rings. The summed E-state index contributed by atoms with van der Waals surface area (Å²) in [6.45, 7) is 8.78. The standard InChI is InChI=1S/C19H27N3O2/c1-6-9-17(23)22(12-13(2)3)14(4)18-20-16-11-8-7-10-15(16)19(24)21(18)5/h7-8,10-11,13-14H,6,9,12H2,1-5H3. The predicted octanol–water partition coefficient (Wildman–Crippen LogP) is 3.28. The highest BCUT2D eigenvalue weighted by molar-refractivity contribution is 5.78. The number of para-hydroxylation sites is 1. The van der Waals surface area contributed by atoms with E-state index in [1.807, 2.05) is 36.9 Å². The average Bonchev–Trinajstić information content (AvgIpc) is 2.55. The minimum Gasteiger partial charge on any atom is -0.333 e. The van der Waals surface area contributed by atoms with Crippen LogP contribution in [0.25, 0.3) is 10.9 Å². The molecule has 0 spiro atoms. The molecule has 5 nitrogen and oxygen atoms in total. The number of benzene rings is 1. The van der Waals surface area contributed by atoms with Crippen molar-refractivity contribution in [3.8, 4) is 0 Å². The molecule has 0 N–H and O–H groups in total. The molecule has 2 aromatic rings. The van der Waals surface area contributed by atoms with Gasteiger partial charge in [0, 0.05) is 20.0 Å². The van der Waals surface area contributed by atoms with Crippen LogP contribution in [0.2, 0.25) is 0 Å². The number of hydrogen-bond donors (Lipinski definition) is 0. The number of nitrogens with zero attached hydrogens (tertiary/aromatic N) is 3. The first-order valence-electron chi connectivity index (χ1n) is 8.61. The lowest BCUT2D eigenvalue weighted by Gasteiger charge is -2.31. The van der Waals surface area contributed by atoms with E-state index in [2.05, 4.69) is 18.8 Å². The number of amides is 1. The third kappa shape index (κ3) is 3.66. The Morgan fingerprint density at radius 3 is 2.54 bits per heavy atom. The largest absolute Gasteiger partial charge is 0.333 e. The molecular weight excluding hydrogens is 302 g/mol. The van der Waals surface area contributed by atoms with Gasteiger partial charge in [-0.25, -0.2) is 4.98 Å². The van der Waals surface area contributed by atoms with E-state index in [-0.39, 0.29) is 17.5 Å². The molecule has 0 saturated carbocycles. The number of carbonyl (C=O) groups is 1. The number of fused-ring (bicyclic) bond motifs is 1. The third-order valence-electron chi connectivity index (χ3n) is 4.20. The average molecular weight is 329 g/mol. The summed E-state index contributed by atoms with van der Waals surface area (Å²) in [5.74, 6) is 1.09. The van der Waals surface area contributed by atoms with Gasteiger partial charge in [-0.05, 0) is 31.4 Å². The number of rotatable bonds is 6. The summed E-state index contributed by atoms with van der Waals surface area (Å²) < 4.78 is 1.57. The highest BCUT2D eigenvalue weighted by atomic mass is 16.2. The van der Waals surface area contributed by atoms with Gasteiger partial charge >= 0.3 is 0 Å². The van der Waals surface area contributed by atoms with E-state index in [1.54, 1.807) is 17.7 Å². The molecule has 0 radical (unpaired) electrons. The smallest absolute Gasteiger partial charge is 0.261 e. The minimum atomic E-state index is -0.242. The first kappa shape index (κ1) is 18.2. The Balaban J connectivity index is 2.51. The maximum atomic E-state index is 12.6. The molecule has 0 saturated heterocycles. The van der Waals surface area contributed by atoms with Crippen LogP contribution >= 0.6 is 0 Å². The lowest BCUT2D eigenvalue weighted by molar-refractivity contribution is -0.134. The van der Waals surface area contributed by atoms with Gasteiger partial charge < -0.3 is 4.90 Å². The van der Waals surface area contributed by atoms with Crippen LogP contribution in [0.4, 0.5) is 0 Å². The van der Waals surface area contributed by atoms with Gasteiger partial charge in [-0.15, -0.1) is 0 Å². The van der Waals surface area contributed by atoms with Crippen molar-refractivity contribution < 1.29 is 4.79 Å². The molecule has 1 heterocycles. The van der Waals surface area contributed by atoms with Crippen LogP contribution < -0.4 is 5.56 Å². The highest BCUT2D eigenvalue weighted by Gasteiger charge is 2.25. The summed E-state index contributed by atoms with van der Waals surface area (Å²) >= 11 is 0. The van der Waals surface area contributed by atoms with Gasteiger partial charge in [0.05, 0.1) is 16.9 Å². The van der Waals surface area contributed by atoms with Crippen LogP contribution in [0, 0.1) is 5.92 Å². The fourth-order valence-corrected chi connectivity index (χ4v) is 2.97. The second-order valence-corrected chi connectivity index (χ2v) is 6.72. The van der Waals surface area contributed by atoms with E-state index in [0.29, 0.717) is 35.6 Å². The maximum Gasteiger partial charge on any atom is 0.261 e. The zero-order valence-electron chi connectivity index (χ0n) is 15.2. The molecule has 0 bridgehead atoms. The maximum absolute atomic E-state index is 12.6. The van der Waals surface area contributed by atoms with Crippen LogP contribution in [-0.4, -0.2) is 26.9 Å². The Hall–Kier alpha value is -2.17. The van der Waals surface area contributed by atoms with E-state index in [4.69, 9.17) is 0 Å². The van der Waals surface area contributed by atoms with Crippen molar-refractivity contribution in [2.75, 3.05) is 6.54 Å². The van der Waals surface area contributed by atoms with Crippen LogP contribution in [0.15, 0.2) is 29.1 Å². The zero-order valence-corrected chi connectivity index (χ0v) is 15.2. The van der Waals surface area contributed by atoms with Crippen molar-refractivity contribution in [1.29, 1.82) is 0 Å². The molecule has 24 heavy (non-hydrogen) atoms. The van der Waals surface area contributed by atoms with Crippen molar-refractivity contribution in [3.05, 3.63) is 40.4 Å². The molecule has 1 amide bonds. The van der Waals surface area contributed by atoms with Crippen molar-refractivity contribution in [3.63, 3.8) is 0 Å². The molecule has 130 valence electrons. The van der Waals surface area contributed by atoms with Gasteiger partial charge in [0.2, 0.25) is 5.91 Å². The van der Waals surface area contributed by atoms with Gasteiger partial charge in [0.1, 0.15) is 5.82 Å². The summed E-state index contributed by atoms with van der Waals surface area (Å²) in [6, 6.07) is 7.09. The Labute approximate surface area is 143 Å². The van der Waals surface area contributed by atoms with Gasteiger partial charge in [-0.1, -0.05) is 32.9 Å². The highest BCUT2D eigenvalue weighted by Crippen LogP contribution is 2.21. The van der Waals surface area contributed by atoms with E-state index < -0.39 is 0 Å². The lowest BCUT2D eigenvalue weighted by atomic mass is 10.1. The monoisotopic (exact) mass is 329 g/mol. The quantitative estimate of drug-likeness (QED) is 0.817. The van der Waals surface area contributed by atoms with E-state index >= 15 is 0 Å². The normalized spacial score (nSPS) is 12.6. The molecule has 1 atom stereocenters. The van der Waals surface area contributed by atoms with Gasteiger partial charge in [-0.2, -0.15) is 0 Å². The summed E-state index contributed by atoms with van der Waals surface area (Å²) in [6.07, 6.45) is 1.32. The zero-order chi connectivity index (χ0) is 17.9. The Morgan fingerprint density at radius 2 is 1.92 bits per heavy atom. The fourth-order valence-electron chi connectivity index (χ4n) is 2.97. The Kier molecular flexibility index (Phi) is 5.75. The Bertz CT molecular complexity index is 780. The van der Waals surface area contributed by atoms with Crippen LogP contribution in [0.3, 0.4) is 0 Å². The van der Waals surface area contributed by atoms with Gasteiger partial charge in [0.25, 0.3) is 5.56 Å². The predicted molar refractivity (Wildman–Crippen MR) is 96.9 cm³/mol. The third-order valence-corrected chi connectivity index (χ3v) is 4.20. The van der Waals surface area contributed by atoms with Gasteiger partial charge in [0.15, 0.2) is 0 Å². The number of hydrogen-bond acceptors (Lipinski definition) is 3. The molecule has 0 aliphatic carbocycles. The SMILES string of the molecule is CCCC(=O)N(CC(C)C)C(C)c1nc2ccccc2c(=O)n1C. The van der Waals surface area contributed by atoms with E-state index in [9.17, 15) is 9.59 Å². The first-order valence-corrected chi connectivity index (χ1v) is 8.61.